The Morgan fingerprint density at radius 3 is 2.71 bits per heavy atom. The van der Waals surface area contributed by atoms with Crippen LogP contribution in [-0.2, 0) is 0 Å². The third-order valence-electron chi connectivity index (χ3n) is 1.80. The molecule has 0 saturated heterocycles. The first-order valence-corrected chi connectivity index (χ1v) is 4.57. The Bertz CT molecular complexity index is 585. The van der Waals surface area contributed by atoms with E-state index >= 15 is 0 Å². The van der Waals surface area contributed by atoms with Gasteiger partial charge in [-0.25, -0.2) is 4.98 Å². The summed E-state index contributed by atoms with van der Waals surface area (Å²) in [7, 11) is 0. The predicted molar refractivity (Wildman–Crippen MR) is 53.5 cm³/mol. The maximum Gasteiger partial charge on any atom is 0.195 e. The average molecular weight is 200 g/mol. The van der Waals surface area contributed by atoms with Crippen LogP contribution in [0.1, 0.15) is 10.6 Å². The third-order valence-corrected chi connectivity index (χ3v) is 2.79. The van der Waals surface area contributed by atoms with Crippen molar-refractivity contribution in [3.8, 4) is 12.1 Å². The molecule has 1 heterocycles. The highest BCUT2D eigenvalue weighted by Gasteiger charge is 2.09. The molecule has 5 heteroatoms. The number of rotatable bonds is 0. The quantitative estimate of drug-likeness (QED) is 0.654. The first-order chi connectivity index (χ1) is 6.76. The van der Waals surface area contributed by atoms with E-state index in [9.17, 15) is 0 Å². The number of thiazole rings is 1. The van der Waals surface area contributed by atoms with Crippen LogP contribution in [0.2, 0.25) is 0 Å². The number of nitrogens with two attached hydrogens (primary N) is 1. The molecule has 1 aromatic carbocycles. The molecular weight excluding hydrogens is 196 g/mol. The van der Waals surface area contributed by atoms with E-state index in [1.54, 1.807) is 12.1 Å². The Morgan fingerprint density at radius 1 is 1.29 bits per heavy atom. The van der Waals surface area contributed by atoms with Gasteiger partial charge in [0.25, 0.3) is 0 Å². The second-order valence-electron chi connectivity index (χ2n) is 2.62. The molecule has 1 aromatic heterocycles. The summed E-state index contributed by atoms with van der Waals surface area (Å²) < 4.78 is 0.684. The lowest BCUT2D eigenvalue weighted by atomic mass is 10.2. The van der Waals surface area contributed by atoms with Gasteiger partial charge in [0.2, 0.25) is 0 Å². The van der Waals surface area contributed by atoms with E-state index in [-0.39, 0.29) is 0 Å². The molecular formula is C9H4N4S. The van der Waals surface area contributed by atoms with Gasteiger partial charge in [-0.15, -0.1) is 11.3 Å². The average Bonchev–Trinajstić information content (AvgIpc) is 2.60. The summed E-state index contributed by atoms with van der Waals surface area (Å²) in [5.74, 6) is 0. The lowest BCUT2D eigenvalue weighted by Gasteiger charge is -1.95. The number of anilines is 1. The van der Waals surface area contributed by atoms with Crippen molar-refractivity contribution in [2.45, 2.75) is 0 Å². The maximum atomic E-state index is 8.86. The van der Waals surface area contributed by atoms with Gasteiger partial charge in [-0.3, -0.25) is 0 Å². The van der Waals surface area contributed by atoms with Crippen molar-refractivity contribution in [1.82, 2.24) is 4.98 Å². The number of fused-ring (bicyclic) bond motifs is 1. The third kappa shape index (κ3) is 1.08. The van der Waals surface area contributed by atoms with Crippen LogP contribution in [0.3, 0.4) is 0 Å². The van der Waals surface area contributed by atoms with Crippen molar-refractivity contribution >= 4 is 27.2 Å². The van der Waals surface area contributed by atoms with Crippen molar-refractivity contribution in [3.05, 3.63) is 22.7 Å². The van der Waals surface area contributed by atoms with Crippen molar-refractivity contribution in [1.29, 1.82) is 10.5 Å². The zero-order chi connectivity index (χ0) is 10.1. The number of aromatic nitrogens is 1. The number of nitrogens with zero attached hydrogens (tertiary/aromatic N) is 3. The molecule has 14 heavy (non-hydrogen) atoms. The minimum atomic E-state index is 0.349. The van der Waals surface area contributed by atoms with Gasteiger partial charge in [0.1, 0.15) is 12.1 Å². The molecule has 2 aromatic rings. The number of hydrogen-bond acceptors (Lipinski definition) is 5. The highest BCUT2D eigenvalue weighted by molar-refractivity contribution is 7.19. The van der Waals surface area contributed by atoms with Crippen molar-refractivity contribution in [2.75, 3.05) is 5.73 Å². The van der Waals surface area contributed by atoms with Gasteiger partial charge in [0.15, 0.2) is 5.01 Å². The minimum Gasteiger partial charge on any atom is -0.398 e. The fourth-order valence-corrected chi connectivity index (χ4v) is 2.04. The number of benzene rings is 1. The number of nitrogen functional groups attached to an aromatic ring is 1. The van der Waals surface area contributed by atoms with Gasteiger partial charge in [0.05, 0.1) is 21.5 Å². The molecule has 2 rings (SSSR count). The van der Waals surface area contributed by atoms with Crippen molar-refractivity contribution in [2.24, 2.45) is 0 Å². The van der Waals surface area contributed by atoms with Crippen LogP contribution in [0.15, 0.2) is 12.1 Å². The van der Waals surface area contributed by atoms with Gasteiger partial charge in [-0.1, -0.05) is 0 Å². The van der Waals surface area contributed by atoms with Crippen LogP contribution in [0, 0.1) is 22.7 Å². The Labute approximate surface area is 83.8 Å². The lowest BCUT2D eigenvalue weighted by Crippen LogP contribution is -1.89. The van der Waals surface area contributed by atoms with Crippen molar-refractivity contribution in [3.63, 3.8) is 0 Å². The van der Waals surface area contributed by atoms with E-state index in [0.717, 1.165) is 0 Å². The topological polar surface area (TPSA) is 86.5 Å². The van der Waals surface area contributed by atoms with E-state index in [2.05, 4.69) is 4.98 Å². The molecule has 0 atom stereocenters. The molecule has 0 bridgehead atoms. The van der Waals surface area contributed by atoms with Gasteiger partial charge in [-0.2, -0.15) is 10.5 Å². The van der Waals surface area contributed by atoms with Crippen LogP contribution in [0.5, 0.6) is 0 Å². The lowest BCUT2D eigenvalue weighted by molar-refractivity contribution is 1.40. The summed E-state index contributed by atoms with van der Waals surface area (Å²) >= 11 is 1.19. The van der Waals surface area contributed by atoms with Gasteiger partial charge >= 0.3 is 0 Å². The molecule has 66 valence electrons. The van der Waals surface area contributed by atoms with Crippen LogP contribution < -0.4 is 5.73 Å². The zero-order valence-electron chi connectivity index (χ0n) is 6.98. The van der Waals surface area contributed by atoms with E-state index in [1.165, 1.54) is 11.3 Å². The zero-order valence-corrected chi connectivity index (χ0v) is 7.80. The van der Waals surface area contributed by atoms with E-state index < -0.39 is 0 Å². The molecule has 0 saturated carbocycles. The molecule has 2 N–H and O–H groups in total. The second kappa shape index (κ2) is 2.99. The first-order valence-electron chi connectivity index (χ1n) is 3.75. The summed E-state index contributed by atoms with van der Waals surface area (Å²) in [4.78, 5) is 4.03. The Balaban J connectivity index is 2.90. The molecule has 0 spiro atoms. The molecule has 4 nitrogen and oxygen atoms in total. The Morgan fingerprint density at radius 2 is 2.07 bits per heavy atom. The highest BCUT2D eigenvalue weighted by atomic mass is 32.1. The van der Waals surface area contributed by atoms with E-state index in [4.69, 9.17) is 16.3 Å². The van der Waals surface area contributed by atoms with Crippen LogP contribution in [0.25, 0.3) is 10.2 Å². The molecule has 0 aliphatic carbocycles. The normalized spacial score (nSPS) is 9.57. The molecule has 0 amide bonds. The Kier molecular flexibility index (Phi) is 1.81. The highest BCUT2D eigenvalue weighted by Crippen LogP contribution is 2.28. The van der Waals surface area contributed by atoms with E-state index in [0.29, 0.717) is 26.5 Å². The summed E-state index contributed by atoms with van der Waals surface area (Å²) in [6.07, 6.45) is 0. The van der Waals surface area contributed by atoms with Gasteiger partial charge in [0, 0.05) is 0 Å². The first kappa shape index (κ1) is 8.49. The smallest absolute Gasteiger partial charge is 0.195 e. The molecule has 0 fully saturated rings. The standard InChI is InChI=1S/C9H4N4S/c10-3-5-6(12)1-2-7-9(5)14-8(4-11)13-7/h1-2H,12H2. The summed E-state index contributed by atoms with van der Waals surface area (Å²) in [5, 5.41) is 17.9. The van der Waals surface area contributed by atoms with Crippen LogP contribution in [-0.4, -0.2) is 4.98 Å². The Hall–Kier alpha value is -2.11. The number of nitriles is 2. The second-order valence-corrected chi connectivity index (χ2v) is 3.62. The van der Waals surface area contributed by atoms with Crippen LogP contribution >= 0.6 is 11.3 Å². The summed E-state index contributed by atoms with van der Waals surface area (Å²) in [5.41, 5.74) is 7.10. The largest absolute Gasteiger partial charge is 0.398 e. The summed E-state index contributed by atoms with van der Waals surface area (Å²) in [6, 6.07) is 7.29. The fourth-order valence-electron chi connectivity index (χ4n) is 1.17. The molecule has 0 radical (unpaired) electrons. The van der Waals surface area contributed by atoms with Gasteiger partial charge < -0.3 is 5.73 Å². The molecule has 0 aliphatic heterocycles. The monoisotopic (exact) mass is 200 g/mol. The van der Waals surface area contributed by atoms with Gasteiger partial charge in [-0.05, 0) is 12.1 Å². The maximum absolute atomic E-state index is 8.86. The summed E-state index contributed by atoms with van der Waals surface area (Å²) in [6.45, 7) is 0. The fraction of sp³-hybridized carbons (Fsp3) is 0. The number of hydrogen-bond donors (Lipinski definition) is 1. The molecule has 0 aliphatic rings. The van der Waals surface area contributed by atoms with E-state index in [1.807, 2.05) is 12.1 Å². The minimum absolute atomic E-state index is 0.349. The van der Waals surface area contributed by atoms with Crippen LogP contribution in [0.4, 0.5) is 5.69 Å². The SMILES string of the molecule is N#Cc1nc2ccc(N)c(C#N)c2s1. The molecule has 0 unspecified atom stereocenters. The van der Waals surface area contributed by atoms with Crippen molar-refractivity contribution < 1.29 is 0 Å². The predicted octanol–water partition coefficient (Wildman–Crippen LogP) is 1.62.